The molecule has 2 aliphatic rings. The molecule has 1 aliphatic carbocycles. The van der Waals surface area contributed by atoms with Crippen LogP contribution < -0.4 is 4.74 Å². The molecule has 1 aromatic carbocycles. The third-order valence-electron chi connectivity index (χ3n) is 3.56. The number of rotatable bonds is 1. The number of aromatic hydroxyl groups is 1. The molecule has 1 aliphatic heterocycles. The summed E-state index contributed by atoms with van der Waals surface area (Å²) in [7, 11) is 1.38. The van der Waals surface area contributed by atoms with Crippen molar-refractivity contribution in [2.45, 2.75) is 5.79 Å². The fourth-order valence-corrected chi connectivity index (χ4v) is 2.32. The van der Waals surface area contributed by atoms with Crippen LogP contribution in [0.3, 0.4) is 0 Å². The van der Waals surface area contributed by atoms with E-state index in [1.54, 1.807) is 24.3 Å². The topological polar surface area (TPSA) is 76.0 Å². The SMILES string of the molecule is COC1(O)C=CC(=C2COc3cccc(O)c3C2=O)C=C1. The van der Waals surface area contributed by atoms with E-state index >= 15 is 0 Å². The molecule has 0 bridgehead atoms. The molecule has 1 heterocycles. The second-order valence-corrected chi connectivity index (χ2v) is 4.82. The van der Waals surface area contributed by atoms with E-state index in [0.717, 1.165) is 0 Å². The number of fused-ring (bicyclic) bond motifs is 1. The molecule has 0 atom stereocenters. The minimum absolute atomic E-state index is 0.104. The first-order valence-electron chi connectivity index (χ1n) is 6.43. The molecule has 21 heavy (non-hydrogen) atoms. The van der Waals surface area contributed by atoms with Gasteiger partial charge in [-0.25, -0.2) is 0 Å². The molecule has 0 fully saturated rings. The van der Waals surface area contributed by atoms with Crippen molar-refractivity contribution < 1.29 is 24.5 Å². The van der Waals surface area contributed by atoms with Crippen molar-refractivity contribution in [1.82, 2.24) is 0 Å². The average molecular weight is 286 g/mol. The highest BCUT2D eigenvalue weighted by molar-refractivity contribution is 6.14. The molecular formula is C16H14O5. The van der Waals surface area contributed by atoms with E-state index in [4.69, 9.17) is 9.47 Å². The highest BCUT2D eigenvalue weighted by Gasteiger charge is 2.29. The van der Waals surface area contributed by atoms with Gasteiger partial charge in [0.25, 0.3) is 0 Å². The van der Waals surface area contributed by atoms with Gasteiger partial charge in [-0.2, -0.15) is 0 Å². The number of methoxy groups -OCH3 is 1. The summed E-state index contributed by atoms with van der Waals surface area (Å²) in [5, 5.41) is 19.7. The Labute approximate surface area is 121 Å². The second kappa shape index (κ2) is 4.87. The molecule has 0 radical (unpaired) electrons. The van der Waals surface area contributed by atoms with Crippen molar-refractivity contribution in [3.63, 3.8) is 0 Å². The fraction of sp³-hybridized carbons (Fsp3) is 0.188. The Balaban J connectivity index is 2.02. The summed E-state index contributed by atoms with van der Waals surface area (Å²) in [5.41, 5.74) is 1.21. The third-order valence-corrected chi connectivity index (χ3v) is 3.56. The van der Waals surface area contributed by atoms with E-state index in [2.05, 4.69) is 0 Å². The molecule has 5 nitrogen and oxygen atoms in total. The molecule has 0 saturated heterocycles. The van der Waals surface area contributed by atoms with Crippen molar-refractivity contribution in [2.75, 3.05) is 13.7 Å². The summed E-state index contributed by atoms with van der Waals surface area (Å²) in [4.78, 5) is 12.5. The minimum Gasteiger partial charge on any atom is -0.507 e. The molecule has 5 heteroatoms. The smallest absolute Gasteiger partial charge is 0.205 e. The Morgan fingerprint density at radius 1 is 1.29 bits per heavy atom. The maximum atomic E-state index is 12.5. The average Bonchev–Trinajstić information content (AvgIpc) is 2.49. The predicted octanol–water partition coefficient (Wildman–Crippen LogP) is 1.72. The van der Waals surface area contributed by atoms with E-state index < -0.39 is 5.79 Å². The highest BCUT2D eigenvalue weighted by atomic mass is 16.6. The fourth-order valence-electron chi connectivity index (χ4n) is 2.32. The number of phenolic OH excluding ortho intramolecular Hbond substituents is 1. The largest absolute Gasteiger partial charge is 0.507 e. The van der Waals surface area contributed by atoms with Gasteiger partial charge in [-0.05, 0) is 29.9 Å². The first-order chi connectivity index (χ1) is 10.0. The number of Topliss-reactive ketones (excluding diaryl/α,β-unsaturated/α-hetero) is 1. The quantitative estimate of drug-likeness (QED) is 0.607. The molecule has 1 aromatic rings. The van der Waals surface area contributed by atoms with Crippen LogP contribution in [0.25, 0.3) is 0 Å². The van der Waals surface area contributed by atoms with E-state index in [1.165, 1.54) is 25.3 Å². The zero-order valence-corrected chi connectivity index (χ0v) is 11.4. The summed E-state index contributed by atoms with van der Waals surface area (Å²) >= 11 is 0. The zero-order chi connectivity index (χ0) is 15.0. The Morgan fingerprint density at radius 2 is 2.00 bits per heavy atom. The second-order valence-electron chi connectivity index (χ2n) is 4.82. The molecule has 0 aromatic heterocycles. The van der Waals surface area contributed by atoms with Crippen LogP contribution in [-0.4, -0.2) is 35.5 Å². The monoisotopic (exact) mass is 286 g/mol. The Hall–Kier alpha value is -2.37. The van der Waals surface area contributed by atoms with Crippen LogP contribution in [0.15, 0.2) is 53.6 Å². The Morgan fingerprint density at radius 3 is 2.67 bits per heavy atom. The maximum Gasteiger partial charge on any atom is 0.205 e. The van der Waals surface area contributed by atoms with Gasteiger partial charge in [0.2, 0.25) is 11.6 Å². The number of allylic oxidation sites excluding steroid dienone is 3. The number of aliphatic hydroxyl groups is 1. The lowest BCUT2D eigenvalue weighted by Gasteiger charge is -2.24. The molecule has 2 N–H and O–H groups in total. The van der Waals surface area contributed by atoms with Gasteiger partial charge < -0.3 is 19.7 Å². The lowest BCUT2D eigenvalue weighted by molar-refractivity contribution is -0.106. The van der Waals surface area contributed by atoms with E-state index in [0.29, 0.717) is 16.9 Å². The van der Waals surface area contributed by atoms with Gasteiger partial charge in [0.1, 0.15) is 23.7 Å². The molecule has 0 amide bonds. The summed E-state index contributed by atoms with van der Waals surface area (Å²) < 4.78 is 10.4. The summed E-state index contributed by atoms with van der Waals surface area (Å²) in [6, 6.07) is 4.72. The first kappa shape index (κ1) is 13.6. The van der Waals surface area contributed by atoms with Gasteiger partial charge in [-0.1, -0.05) is 18.2 Å². The summed E-state index contributed by atoms with van der Waals surface area (Å²) in [6.45, 7) is 0.116. The van der Waals surface area contributed by atoms with Crippen LogP contribution in [-0.2, 0) is 4.74 Å². The van der Waals surface area contributed by atoms with Gasteiger partial charge in [0.15, 0.2) is 0 Å². The number of carbonyl (C=O) groups excluding carboxylic acids is 1. The molecule has 0 saturated carbocycles. The number of ketones is 1. The van der Waals surface area contributed by atoms with Gasteiger partial charge in [0, 0.05) is 12.7 Å². The number of carbonyl (C=O) groups is 1. The number of benzene rings is 1. The number of hydrogen-bond acceptors (Lipinski definition) is 5. The van der Waals surface area contributed by atoms with Crippen LogP contribution in [0.5, 0.6) is 11.5 Å². The van der Waals surface area contributed by atoms with Crippen molar-refractivity contribution in [3.05, 3.63) is 59.2 Å². The van der Waals surface area contributed by atoms with E-state index in [-0.39, 0.29) is 23.7 Å². The van der Waals surface area contributed by atoms with Gasteiger partial charge >= 0.3 is 0 Å². The van der Waals surface area contributed by atoms with Crippen LogP contribution >= 0.6 is 0 Å². The molecule has 0 spiro atoms. The lowest BCUT2D eigenvalue weighted by atomic mass is 9.92. The van der Waals surface area contributed by atoms with Crippen LogP contribution in [0.4, 0.5) is 0 Å². The van der Waals surface area contributed by atoms with Gasteiger partial charge in [0.05, 0.1) is 0 Å². The van der Waals surface area contributed by atoms with Crippen molar-refractivity contribution >= 4 is 5.78 Å². The third kappa shape index (κ3) is 2.26. The lowest BCUT2D eigenvalue weighted by Crippen LogP contribution is -2.27. The number of ether oxygens (including phenoxy) is 2. The van der Waals surface area contributed by atoms with E-state index in [9.17, 15) is 15.0 Å². The standard InChI is InChI=1S/C16H14O5/c1-20-16(19)7-5-10(6-8-16)11-9-21-13-4-2-3-12(17)14(13)15(11)18/h2-8,17,19H,9H2,1H3. The summed E-state index contributed by atoms with van der Waals surface area (Å²) in [5.74, 6) is -1.46. The molecule has 3 rings (SSSR count). The van der Waals surface area contributed by atoms with Gasteiger partial charge in [-0.3, -0.25) is 4.79 Å². The Kier molecular flexibility index (Phi) is 3.16. The molecule has 0 unspecified atom stereocenters. The van der Waals surface area contributed by atoms with Crippen LogP contribution in [0, 0.1) is 0 Å². The van der Waals surface area contributed by atoms with Crippen molar-refractivity contribution in [1.29, 1.82) is 0 Å². The van der Waals surface area contributed by atoms with Gasteiger partial charge in [-0.15, -0.1) is 0 Å². The number of hydrogen-bond donors (Lipinski definition) is 2. The van der Waals surface area contributed by atoms with Crippen LogP contribution in [0.2, 0.25) is 0 Å². The maximum absolute atomic E-state index is 12.5. The van der Waals surface area contributed by atoms with Crippen molar-refractivity contribution in [3.8, 4) is 11.5 Å². The van der Waals surface area contributed by atoms with Crippen molar-refractivity contribution in [2.24, 2.45) is 0 Å². The van der Waals surface area contributed by atoms with Crippen LogP contribution in [0.1, 0.15) is 10.4 Å². The highest BCUT2D eigenvalue weighted by Crippen LogP contribution is 2.35. The minimum atomic E-state index is -1.46. The molecular weight excluding hydrogens is 272 g/mol. The predicted molar refractivity (Wildman–Crippen MR) is 75.2 cm³/mol. The Bertz CT molecular complexity index is 681. The van der Waals surface area contributed by atoms with E-state index in [1.807, 2.05) is 0 Å². The zero-order valence-electron chi connectivity index (χ0n) is 11.4. The summed E-state index contributed by atoms with van der Waals surface area (Å²) in [6.07, 6.45) is 6.10. The normalized spacial score (nSPS) is 24.0. The molecule has 108 valence electrons. The first-order valence-corrected chi connectivity index (χ1v) is 6.43. The number of phenols is 1.